The Morgan fingerprint density at radius 2 is 1.54 bits per heavy atom. The fraction of sp³-hybridized carbons (Fsp3) is 0.556. The number of imide groups is 1. The summed E-state index contributed by atoms with van der Waals surface area (Å²) in [6, 6.07) is -0.168. The van der Waals surface area contributed by atoms with Crippen molar-refractivity contribution >= 4 is 35.6 Å². The van der Waals surface area contributed by atoms with Gasteiger partial charge in [-0.25, -0.2) is 4.79 Å². The highest BCUT2D eigenvalue weighted by Gasteiger charge is 2.42. The van der Waals surface area contributed by atoms with Crippen LogP contribution in [0.4, 0.5) is 0 Å². The zero-order valence-electron chi connectivity index (χ0n) is 23.5. The van der Waals surface area contributed by atoms with Crippen LogP contribution in [-0.4, -0.2) is 86.5 Å². The molecule has 0 saturated carbocycles. The van der Waals surface area contributed by atoms with Crippen LogP contribution in [0.3, 0.4) is 0 Å². The number of benzene rings is 1. The number of rotatable bonds is 17. The van der Waals surface area contributed by atoms with Gasteiger partial charge in [0.2, 0.25) is 11.8 Å². The van der Waals surface area contributed by atoms with Gasteiger partial charge in [-0.3, -0.25) is 28.9 Å². The SMILES string of the molecule is CC(=O)NC(CCCCN)C(=O)N(C(=O)C(NC(=O)C(N)CCC(=O)O)C(C)C)C(Cc1ccc(O)cc1)C(=O)O. The molecule has 0 aliphatic heterocycles. The fourth-order valence-electron chi connectivity index (χ4n) is 4.06. The number of carbonyl (C=O) groups excluding carboxylic acids is 4. The molecular formula is C27H41N5O9. The van der Waals surface area contributed by atoms with Crippen LogP contribution in [0.25, 0.3) is 0 Å². The van der Waals surface area contributed by atoms with Crippen molar-refractivity contribution in [3.8, 4) is 5.75 Å². The Morgan fingerprint density at radius 1 is 0.927 bits per heavy atom. The van der Waals surface area contributed by atoms with Gasteiger partial charge >= 0.3 is 11.9 Å². The zero-order chi connectivity index (χ0) is 31.3. The lowest BCUT2D eigenvalue weighted by molar-refractivity contribution is -0.161. The van der Waals surface area contributed by atoms with Crippen LogP contribution in [0.2, 0.25) is 0 Å². The van der Waals surface area contributed by atoms with Gasteiger partial charge < -0.3 is 37.4 Å². The molecule has 1 aromatic carbocycles. The van der Waals surface area contributed by atoms with Crippen molar-refractivity contribution in [1.82, 2.24) is 15.5 Å². The molecule has 0 heterocycles. The highest BCUT2D eigenvalue weighted by molar-refractivity contribution is 6.05. The van der Waals surface area contributed by atoms with Gasteiger partial charge in [-0.15, -0.1) is 0 Å². The van der Waals surface area contributed by atoms with E-state index in [-0.39, 0.29) is 25.0 Å². The van der Waals surface area contributed by atoms with Gasteiger partial charge in [-0.1, -0.05) is 26.0 Å². The van der Waals surface area contributed by atoms with Crippen LogP contribution in [-0.2, 0) is 35.2 Å². The maximum atomic E-state index is 14.0. The van der Waals surface area contributed by atoms with Crippen LogP contribution in [0.15, 0.2) is 24.3 Å². The predicted molar refractivity (Wildman–Crippen MR) is 147 cm³/mol. The van der Waals surface area contributed by atoms with Gasteiger partial charge in [0.1, 0.15) is 23.9 Å². The first-order chi connectivity index (χ1) is 19.2. The summed E-state index contributed by atoms with van der Waals surface area (Å²) in [5.41, 5.74) is 11.7. The van der Waals surface area contributed by atoms with E-state index >= 15 is 0 Å². The summed E-state index contributed by atoms with van der Waals surface area (Å²) in [6.07, 6.45) is 0.0324. The summed E-state index contributed by atoms with van der Waals surface area (Å²) in [4.78, 5) is 76.5. The van der Waals surface area contributed by atoms with E-state index < -0.39 is 72.1 Å². The number of unbranched alkanes of at least 4 members (excludes halogenated alkanes) is 1. The van der Waals surface area contributed by atoms with Crippen molar-refractivity contribution < 1.29 is 44.1 Å². The number of amides is 4. The molecule has 14 nitrogen and oxygen atoms in total. The summed E-state index contributed by atoms with van der Waals surface area (Å²) in [6.45, 7) is 4.62. The number of phenolic OH excluding ortho intramolecular Hbond substituents is 1. The van der Waals surface area contributed by atoms with Crippen LogP contribution < -0.4 is 22.1 Å². The second-order valence-electron chi connectivity index (χ2n) is 10.1. The number of aromatic hydroxyl groups is 1. The lowest BCUT2D eigenvalue weighted by Gasteiger charge is -2.35. The second-order valence-corrected chi connectivity index (χ2v) is 10.1. The van der Waals surface area contributed by atoms with E-state index in [1.54, 1.807) is 13.8 Å². The summed E-state index contributed by atoms with van der Waals surface area (Å²) in [5, 5.41) is 33.6. The highest BCUT2D eigenvalue weighted by atomic mass is 16.4. The van der Waals surface area contributed by atoms with Crippen LogP contribution >= 0.6 is 0 Å². The van der Waals surface area contributed by atoms with Gasteiger partial charge in [-0.05, 0) is 55.8 Å². The Kier molecular flexibility index (Phi) is 14.4. The number of carboxylic acid groups (broad SMARTS) is 2. The number of nitrogens with one attached hydrogen (secondary N) is 2. The van der Waals surface area contributed by atoms with Gasteiger partial charge in [0.15, 0.2) is 0 Å². The number of aliphatic carboxylic acids is 2. The smallest absolute Gasteiger partial charge is 0.327 e. The number of phenols is 1. The molecule has 14 heteroatoms. The summed E-state index contributed by atoms with van der Waals surface area (Å²) >= 11 is 0. The Morgan fingerprint density at radius 3 is 2.02 bits per heavy atom. The van der Waals surface area contributed by atoms with Crippen molar-refractivity contribution in [2.45, 2.75) is 83.5 Å². The average Bonchev–Trinajstić information content (AvgIpc) is 2.89. The van der Waals surface area contributed by atoms with Gasteiger partial charge in [0.05, 0.1) is 6.04 Å². The van der Waals surface area contributed by atoms with E-state index in [0.29, 0.717) is 29.8 Å². The summed E-state index contributed by atoms with van der Waals surface area (Å²) in [5.74, 6) is -6.85. The standard InChI is InChI=1S/C27H41N5O9/c1-15(2)23(31-24(37)19(29)11-12-22(35)36)26(39)32(25(38)20(30-16(3)33)6-4-5-13-28)21(27(40)41)14-17-7-9-18(34)10-8-17/h7-10,15,19-21,23,34H,4-6,11-14,28-29H2,1-3H3,(H,30,33)(H,31,37)(H,35,36)(H,40,41). The van der Waals surface area contributed by atoms with E-state index in [9.17, 15) is 39.0 Å². The minimum Gasteiger partial charge on any atom is -0.508 e. The first kappa shape index (κ1) is 35.0. The minimum atomic E-state index is -1.75. The number of nitrogens with zero attached hydrogens (tertiary/aromatic N) is 1. The molecule has 0 bridgehead atoms. The van der Waals surface area contributed by atoms with E-state index in [0.717, 1.165) is 0 Å². The molecule has 1 aromatic rings. The number of carboxylic acids is 2. The minimum absolute atomic E-state index is 0.0721. The van der Waals surface area contributed by atoms with Crippen LogP contribution in [0.1, 0.15) is 58.4 Å². The van der Waals surface area contributed by atoms with Crippen molar-refractivity contribution in [3.63, 3.8) is 0 Å². The van der Waals surface area contributed by atoms with E-state index in [1.807, 2.05) is 0 Å². The number of carbonyl (C=O) groups is 6. The molecule has 0 aliphatic carbocycles. The Bertz CT molecular complexity index is 1080. The third kappa shape index (κ3) is 11.5. The molecule has 228 valence electrons. The first-order valence-electron chi connectivity index (χ1n) is 13.3. The molecule has 0 fully saturated rings. The third-order valence-electron chi connectivity index (χ3n) is 6.30. The van der Waals surface area contributed by atoms with Crippen LogP contribution in [0, 0.1) is 5.92 Å². The molecule has 0 radical (unpaired) electrons. The first-order valence-corrected chi connectivity index (χ1v) is 13.3. The number of hydrogen-bond donors (Lipinski definition) is 7. The van der Waals surface area contributed by atoms with Crippen molar-refractivity contribution in [3.05, 3.63) is 29.8 Å². The van der Waals surface area contributed by atoms with Gasteiger partial charge in [0, 0.05) is 19.8 Å². The monoisotopic (exact) mass is 579 g/mol. The van der Waals surface area contributed by atoms with Crippen molar-refractivity contribution in [2.75, 3.05) is 6.54 Å². The Balaban J connectivity index is 3.55. The largest absolute Gasteiger partial charge is 0.508 e. The van der Waals surface area contributed by atoms with E-state index in [1.165, 1.54) is 31.2 Å². The zero-order valence-corrected chi connectivity index (χ0v) is 23.5. The quantitative estimate of drug-likeness (QED) is 0.118. The van der Waals surface area contributed by atoms with Crippen molar-refractivity contribution in [2.24, 2.45) is 17.4 Å². The highest BCUT2D eigenvalue weighted by Crippen LogP contribution is 2.19. The normalized spacial score (nSPS) is 13.9. The van der Waals surface area contributed by atoms with E-state index in [2.05, 4.69) is 10.6 Å². The van der Waals surface area contributed by atoms with Crippen molar-refractivity contribution in [1.29, 1.82) is 0 Å². The molecule has 9 N–H and O–H groups in total. The molecule has 0 aromatic heterocycles. The summed E-state index contributed by atoms with van der Waals surface area (Å²) < 4.78 is 0. The van der Waals surface area contributed by atoms with Gasteiger partial charge in [-0.2, -0.15) is 0 Å². The molecule has 1 rings (SSSR count). The number of hydrogen-bond acceptors (Lipinski definition) is 9. The third-order valence-corrected chi connectivity index (χ3v) is 6.30. The topological polar surface area (TPSA) is 242 Å². The lowest BCUT2D eigenvalue weighted by Crippen LogP contribution is -2.62. The molecule has 0 aliphatic rings. The molecule has 4 atom stereocenters. The predicted octanol–water partition coefficient (Wildman–Crippen LogP) is -0.290. The molecule has 41 heavy (non-hydrogen) atoms. The Labute approximate surface area is 238 Å². The Hall–Kier alpha value is -4.04. The second kappa shape index (κ2) is 16.9. The maximum absolute atomic E-state index is 14.0. The van der Waals surface area contributed by atoms with E-state index in [4.69, 9.17) is 16.6 Å². The molecule has 4 amide bonds. The average molecular weight is 580 g/mol. The molecule has 0 saturated heterocycles. The maximum Gasteiger partial charge on any atom is 0.327 e. The van der Waals surface area contributed by atoms with Gasteiger partial charge in [0.25, 0.3) is 11.8 Å². The fourth-order valence-corrected chi connectivity index (χ4v) is 4.06. The molecule has 0 spiro atoms. The molecular weight excluding hydrogens is 538 g/mol. The number of nitrogens with two attached hydrogens (primary N) is 2. The molecule has 4 unspecified atom stereocenters. The lowest BCUT2D eigenvalue weighted by atomic mass is 9.97. The van der Waals surface area contributed by atoms with Crippen LogP contribution in [0.5, 0.6) is 5.75 Å². The summed E-state index contributed by atoms with van der Waals surface area (Å²) in [7, 11) is 0.